The lowest BCUT2D eigenvalue weighted by atomic mass is 10.0. The van der Waals surface area contributed by atoms with Crippen LogP contribution in [-0.4, -0.2) is 33.4 Å². The molecule has 1 atom stereocenters. The average Bonchev–Trinajstić information content (AvgIpc) is 3.02. The van der Waals surface area contributed by atoms with Gasteiger partial charge >= 0.3 is 0 Å². The van der Waals surface area contributed by atoms with E-state index in [1.54, 1.807) is 6.07 Å². The van der Waals surface area contributed by atoms with E-state index in [4.69, 9.17) is 0 Å². The highest BCUT2D eigenvalue weighted by molar-refractivity contribution is 5.78. The third-order valence-electron chi connectivity index (χ3n) is 4.63. The molecule has 1 aliphatic rings. The minimum absolute atomic E-state index is 0.140. The Morgan fingerprint density at radius 2 is 2.17 bits per heavy atom. The summed E-state index contributed by atoms with van der Waals surface area (Å²) >= 11 is 0. The summed E-state index contributed by atoms with van der Waals surface area (Å²) in [5, 5.41) is 0.585. The van der Waals surface area contributed by atoms with Crippen molar-refractivity contribution in [2.45, 2.75) is 45.6 Å². The number of aromatic nitrogens is 2. The summed E-state index contributed by atoms with van der Waals surface area (Å²) < 4.78 is 0. The van der Waals surface area contributed by atoms with E-state index in [1.807, 2.05) is 23.1 Å². The molecule has 0 bridgehead atoms. The van der Waals surface area contributed by atoms with Gasteiger partial charge in [-0.3, -0.25) is 9.59 Å². The summed E-state index contributed by atoms with van der Waals surface area (Å²) in [6, 6.07) is 7.62. The third-order valence-corrected chi connectivity index (χ3v) is 4.63. The van der Waals surface area contributed by atoms with Gasteiger partial charge < -0.3 is 9.88 Å². The summed E-state index contributed by atoms with van der Waals surface area (Å²) in [6.45, 7) is 5.18. The van der Waals surface area contributed by atoms with Crippen molar-refractivity contribution in [3.05, 3.63) is 40.4 Å². The number of hydrogen-bond donors (Lipinski definition) is 1. The fourth-order valence-electron chi connectivity index (χ4n) is 3.42. The van der Waals surface area contributed by atoms with Crippen molar-refractivity contribution in [2.24, 2.45) is 5.92 Å². The van der Waals surface area contributed by atoms with Crippen LogP contribution >= 0.6 is 0 Å². The van der Waals surface area contributed by atoms with Crippen LogP contribution in [0.1, 0.15) is 38.9 Å². The van der Waals surface area contributed by atoms with Gasteiger partial charge in [-0.25, -0.2) is 4.98 Å². The van der Waals surface area contributed by atoms with Crippen LogP contribution in [0.15, 0.2) is 29.1 Å². The minimum atomic E-state index is -0.140. The number of nitrogens with one attached hydrogen (secondary N) is 1. The molecule has 1 aliphatic heterocycles. The molecule has 0 saturated carbocycles. The van der Waals surface area contributed by atoms with Crippen LogP contribution in [0.5, 0.6) is 0 Å². The Bertz CT molecular complexity index is 766. The second-order valence-electron chi connectivity index (χ2n) is 6.57. The Morgan fingerprint density at radius 1 is 1.39 bits per heavy atom. The summed E-state index contributed by atoms with van der Waals surface area (Å²) in [7, 11) is 0. The van der Waals surface area contributed by atoms with Crippen molar-refractivity contribution < 1.29 is 4.79 Å². The first-order valence-electron chi connectivity index (χ1n) is 8.33. The number of hydrogen-bond acceptors (Lipinski definition) is 3. The molecule has 122 valence electrons. The molecule has 5 nitrogen and oxygen atoms in total. The van der Waals surface area contributed by atoms with Crippen LogP contribution in [0.3, 0.4) is 0 Å². The Labute approximate surface area is 135 Å². The normalized spacial score (nSPS) is 18.0. The quantitative estimate of drug-likeness (QED) is 0.943. The maximum Gasteiger partial charge on any atom is 0.258 e. The number of carbonyl (C=O) groups is 1. The number of aryl methyl sites for hydroxylation is 1. The molecular formula is C18H23N3O2. The highest BCUT2D eigenvalue weighted by atomic mass is 16.2. The highest BCUT2D eigenvalue weighted by Gasteiger charge is 2.30. The van der Waals surface area contributed by atoms with E-state index in [9.17, 15) is 9.59 Å². The lowest BCUT2D eigenvalue weighted by Crippen LogP contribution is -2.38. The van der Waals surface area contributed by atoms with Crippen molar-refractivity contribution in [3.63, 3.8) is 0 Å². The lowest BCUT2D eigenvalue weighted by Gasteiger charge is -2.27. The topological polar surface area (TPSA) is 66.1 Å². The van der Waals surface area contributed by atoms with Gasteiger partial charge in [0.25, 0.3) is 5.56 Å². The predicted octanol–water partition coefficient (Wildman–Crippen LogP) is 2.50. The van der Waals surface area contributed by atoms with Gasteiger partial charge in [0.2, 0.25) is 5.91 Å². The Morgan fingerprint density at radius 3 is 2.96 bits per heavy atom. The maximum absolute atomic E-state index is 12.5. The van der Waals surface area contributed by atoms with Crippen molar-refractivity contribution in [3.8, 4) is 0 Å². The number of fused-ring (bicyclic) bond motifs is 1. The molecule has 5 heteroatoms. The van der Waals surface area contributed by atoms with E-state index < -0.39 is 0 Å². The largest absolute Gasteiger partial charge is 0.339 e. The van der Waals surface area contributed by atoms with E-state index in [0.29, 0.717) is 41.5 Å². The number of benzene rings is 1. The molecule has 1 saturated heterocycles. The SMILES string of the molecule is CC(C)C1CCCN1C(=O)CCc1nc2ccccc2c(=O)[nH]1. The smallest absolute Gasteiger partial charge is 0.258 e. The zero-order chi connectivity index (χ0) is 16.4. The van der Waals surface area contributed by atoms with Crippen molar-refractivity contribution in [2.75, 3.05) is 6.54 Å². The predicted molar refractivity (Wildman–Crippen MR) is 90.3 cm³/mol. The van der Waals surface area contributed by atoms with Crippen LogP contribution in [0, 0.1) is 5.92 Å². The molecule has 1 fully saturated rings. The van der Waals surface area contributed by atoms with Crippen LogP contribution in [0.4, 0.5) is 0 Å². The van der Waals surface area contributed by atoms with E-state index in [2.05, 4.69) is 23.8 Å². The Balaban J connectivity index is 1.71. The molecule has 0 radical (unpaired) electrons. The first kappa shape index (κ1) is 15.7. The third kappa shape index (κ3) is 3.28. The number of H-pyrrole nitrogens is 1. The van der Waals surface area contributed by atoms with Crippen molar-refractivity contribution in [1.82, 2.24) is 14.9 Å². The summed E-state index contributed by atoms with van der Waals surface area (Å²) in [5.41, 5.74) is 0.541. The summed E-state index contributed by atoms with van der Waals surface area (Å²) in [6.07, 6.45) is 3.04. The molecule has 0 aliphatic carbocycles. The van der Waals surface area contributed by atoms with E-state index >= 15 is 0 Å². The van der Waals surface area contributed by atoms with Crippen molar-refractivity contribution in [1.29, 1.82) is 0 Å². The fraction of sp³-hybridized carbons (Fsp3) is 0.500. The van der Waals surface area contributed by atoms with Gasteiger partial charge in [0, 0.05) is 25.4 Å². The van der Waals surface area contributed by atoms with Gasteiger partial charge in [-0.2, -0.15) is 0 Å². The van der Waals surface area contributed by atoms with Gasteiger partial charge in [0.05, 0.1) is 10.9 Å². The number of carbonyl (C=O) groups excluding carboxylic acids is 1. The van der Waals surface area contributed by atoms with Gasteiger partial charge in [-0.1, -0.05) is 26.0 Å². The monoisotopic (exact) mass is 313 g/mol. The number of nitrogens with zero attached hydrogens (tertiary/aromatic N) is 2. The maximum atomic E-state index is 12.5. The minimum Gasteiger partial charge on any atom is -0.339 e. The van der Waals surface area contributed by atoms with Crippen molar-refractivity contribution >= 4 is 16.8 Å². The highest BCUT2D eigenvalue weighted by Crippen LogP contribution is 2.24. The molecule has 1 aromatic heterocycles. The van der Waals surface area contributed by atoms with Crippen LogP contribution in [0.25, 0.3) is 10.9 Å². The van der Waals surface area contributed by atoms with E-state index in [-0.39, 0.29) is 11.5 Å². The number of amides is 1. The van der Waals surface area contributed by atoms with Gasteiger partial charge in [0.1, 0.15) is 5.82 Å². The molecule has 0 spiro atoms. The van der Waals surface area contributed by atoms with Crippen LogP contribution in [-0.2, 0) is 11.2 Å². The van der Waals surface area contributed by atoms with Gasteiger partial charge in [0.15, 0.2) is 0 Å². The van der Waals surface area contributed by atoms with E-state index in [1.165, 1.54) is 0 Å². The van der Waals surface area contributed by atoms with Crippen LogP contribution in [0.2, 0.25) is 0 Å². The standard InChI is InChI=1S/C18H23N3O2/c1-12(2)15-8-5-11-21(15)17(22)10-9-16-19-14-7-4-3-6-13(14)18(23)20-16/h3-4,6-7,12,15H,5,8-11H2,1-2H3,(H,19,20,23). The number of aromatic amines is 1. The zero-order valence-corrected chi connectivity index (χ0v) is 13.7. The van der Waals surface area contributed by atoms with E-state index in [0.717, 1.165) is 19.4 Å². The first-order valence-corrected chi connectivity index (χ1v) is 8.33. The average molecular weight is 313 g/mol. The lowest BCUT2D eigenvalue weighted by molar-refractivity contribution is -0.132. The molecule has 1 unspecified atom stereocenters. The molecule has 1 aromatic carbocycles. The number of likely N-dealkylation sites (tertiary alicyclic amines) is 1. The number of rotatable bonds is 4. The van der Waals surface area contributed by atoms with Gasteiger partial charge in [-0.15, -0.1) is 0 Å². The number of para-hydroxylation sites is 1. The van der Waals surface area contributed by atoms with Gasteiger partial charge in [-0.05, 0) is 30.9 Å². The molecule has 1 N–H and O–H groups in total. The molecule has 3 rings (SSSR count). The summed E-state index contributed by atoms with van der Waals surface area (Å²) in [4.78, 5) is 33.8. The molecule has 1 amide bonds. The molecule has 23 heavy (non-hydrogen) atoms. The molecule has 2 heterocycles. The Kier molecular flexibility index (Phi) is 4.46. The summed E-state index contributed by atoms with van der Waals surface area (Å²) in [5.74, 6) is 1.24. The molecular weight excluding hydrogens is 290 g/mol. The Hall–Kier alpha value is -2.17. The second-order valence-corrected chi connectivity index (χ2v) is 6.57. The molecule has 2 aromatic rings. The van der Waals surface area contributed by atoms with Crippen LogP contribution < -0.4 is 5.56 Å². The fourth-order valence-corrected chi connectivity index (χ4v) is 3.42. The first-order chi connectivity index (χ1) is 11.1. The second kappa shape index (κ2) is 6.52. The zero-order valence-electron chi connectivity index (χ0n) is 13.7.